The molecule has 1 fully saturated rings. The van der Waals surface area contributed by atoms with Gasteiger partial charge >= 0.3 is 5.97 Å². The van der Waals surface area contributed by atoms with Crippen molar-refractivity contribution in [2.24, 2.45) is 5.92 Å². The van der Waals surface area contributed by atoms with Crippen LogP contribution in [-0.2, 0) is 9.53 Å². The molecule has 94 valence electrons. The summed E-state index contributed by atoms with van der Waals surface area (Å²) in [6.45, 7) is 2.93. The van der Waals surface area contributed by atoms with Crippen LogP contribution < -0.4 is 5.32 Å². The van der Waals surface area contributed by atoms with Gasteiger partial charge in [0.05, 0.1) is 19.6 Å². The molecule has 0 spiro atoms. The van der Waals surface area contributed by atoms with Crippen LogP contribution in [0, 0.1) is 5.92 Å². The predicted octanol–water partition coefficient (Wildman–Crippen LogP) is 1.08. The molecule has 0 aromatic rings. The maximum absolute atomic E-state index is 11.0. The van der Waals surface area contributed by atoms with Gasteiger partial charge in [0.1, 0.15) is 0 Å². The predicted molar refractivity (Wildman–Crippen MR) is 62.1 cm³/mol. The summed E-state index contributed by atoms with van der Waals surface area (Å²) in [5, 5.41) is 12.7. The molecule has 0 amide bonds. The summed E-state index contributed by atoms with van der Waals surface area (Å²) in [5.41, 5.74) is 0. The fourth-order valence-corrected chi connectivity index (χ4v) is 2.12. The first kappa shape index (κ1) is 13.5. The van der Waals surface area contributed by atoms with Gasteiger partial charge in [0.25, 0.3) is 0 Å². The molecular weight excluding hydrogens is 206 g/mol. The quantitative estimate of drug-likeness (QED) is 0.693. The Labute approximate surface area is 97.4 Å². The Bertz CT molecular complexity index is 212. The topological polar surface area (TPSA) is 58.6 Å². The van der Waals surface area contributed by atoms with Crippen molar-refractivity contribution in [1.82, 2.24) is 5.32 Å². The fourth-order valence-electron chi connectivity index (χ4n) is 2.12. The number of aliphatic hydroxyl groups is 1. The van der Waals surface area contributed by atoms with E-state index < -0.39 is 0 Å². The van der Waals surface area contributed by atoms with Gasteiger partial charge in [-0.2, -0.15) is 0 Å². The minimum Gasteiger partial charge on any atom is -0.469 e. The lowest BCUT2D eigenvalue weighted by molar-refractivity contribution is -0.141. The average Bonchev–Trinajstić information content (AvgIpc) is 2.28. The normalized spacial score (nSPS) is 27.4. The Morgan fingerprint density at radius 1 is 1.44 bits per heavy atom. The second-order valence-corrected chi connectivity index (χ2v) is 4.76. The highest BCUT2D eigenvalue weighted by Gasteiger charge is 2.19. The molecule has 4 heteroatoms. The van der Waals surface area contributed by atoms with E-state index in [-0.39, 0.29) is 18.1 Å². The second-order valence-electron chi connectivity index (χ2n) is 4.76. The van der Waals surface area contributed by atoms with Crippen molar-refractivity contribution >= 4 is 5.97 Å². The largest absolute Gasteiger partial charge is 0.469 e. The fraction of sp³-hybridized carbons (Fsp3) is 0.917. The van der Waals surface area contributed by atoms with E-state index >= 15 is 0 Å². The molecule has 1 aliphatic carbocycles. The molecule has 4 nitrogen and oxygen atoms in total. The molecule has 1 aliphatic rings. The summed E-state index contributed by atoms with van der Waals surface area (Å²) in [6.07, 6.45) is 4.32. The Hall–Kier alpha value is -0.610. The van der Waals surface area contributed by atoms with Crippen molar-refractivity contribution in [2.45, 2.75) is 51.2 Å². The van der Waals surface area contributed by atoms with E-state index in [1.165, 1.54) is 7.11 Å². The molecule has 1 unspecified atom stereocenters. The summed E-state index contributed by atoms with van der Waals surface area (Å²) >= 11 is 0. The van der Waals surface area contributed by atoms with E-state index in [0.717, 1.165) is 32.2 Å². The first-order chi connectivity index (χ1) is 7.61. The number of ether oxygens (including phenoxy) is 1. The maximum Gasteiger partial charge on any atom is 0.307 e. The Morgan fingerprint density at radius 3 is 2.62 bits per heavy atom. The van der Waals surface area contributed by atoms with Crippen molar-refractivity contribution in [1.29, 1.82) is 0 Å². The molecule has 0 radical (unpaired) electrons. The van der Waals surface area contributed by atoms with Crippen LogP contribution in [0.3, 0.4) is 0 Å². The molecule has 0 heterocycles. The molecule has 2 N–H and O–H groups in total. The molecule has 16 heavy (non-hydrogen) atoms. The third-order valence-electron chi connectivity index (χ3n) is 3.27. The highest BCUT2D eigenvalue weighted by atomic mass is 16.5. The number of hydrogen-bond donors (Lipinski definition) is 2. The lowest BCUT2D eigenvalue weighted by Gasteiger charge is -2.26. The average molecular weight is 229 g/mol. The lowest BCUT2D eigenvalue weighted by atomic mass is 9.87. The van der Waals surface area contributed by atoms with Crippen LogP contribution >= 0.6 is 0 Å². The van der Waals surface area contributed by atoms with Gasteiger partial charge in [0.2, 0.25) is 0 Å². The zero-order valence-electron chi connectivity index (χ0n) is 10.2. The van der Waals surface area contributed by atoms with Crippen LogP contribution in [0.15, 0.2) is 0 Å². The number of rotatable bonds is 5. The third-order valence-corrected chi connectivity index (χ3v) is 3.27. The summed E-state index contributed by atoms with van der Waals surface area (Å²) in [5.74, 6) is 0.475. The number of esters is 1. The number of hydrogen-bond acceptors (Lipinski definition) is 4. The highest BCUT2D eigenvalue weighted by molar-refractivity contribution is 5.69. The van der Waals surface area contributed by atoms with Gasteiger partial charge in [-0.25, -0.2) is 0 Å². The van der Waals surface area contributed by atoms with E-state index in [4.69, 9.17) is 0 Å². The number of carbonyl (C=O) groups excluding carboxylic acids is 1. The van der Waals surface area contributed by atoms with Crippen LogP contribution in [0.2, 0.25) is 0 Å². The van der Waals surface area contributed by atoms with Crippen molar-refractivity contribution < 1.29 is 14.6 Å². The van der Waals surface area contributed by atoms with Crippen molar-refractivity contribution in [3.8, 4) is 0 Å². The number of nitrogens with one attached hydrogen (secondary N) is 1. The molecule has 0 aromatic carbocycles. The third kappa shape index (κ3) is 4.94. The number of methoxy groups -OCH3 is 1. The SMILES string of the molecule is COC(=O)CC(C)NCC1CCC(O)CC1. The smallest absolute Gasteiger partial charge is 0.307 e. The number of aliphatic hydroxyl groups excluding tert-OH is 1. The van der Waals surface area contributed by atoms with Crippen molar-refractivity contribution in [2.75, 3.05) is 13.7 Å². The zero-order valence-corrected chi connectivity index (χ0v) is 10.2. The highest BCUT2D eigenvalue weighted by Crippen LogP contribution is 2.23. The van der Waals surface area contributed by atoms with E-state index in [2.05, 4.69) is 10.1 Å². The first-order valence-corrected chi connectivity index (χ1v) is 6.10. The van der Waals surface area contributed by atoms with Crippen molar-refractivity contribution in [3.63, 3.8) is 0 Å². The van der Waals surface area contributed by atoms with E-state index in [1.807, 2.05) is 6.92 Å². The first-order valence-electron chi connectivity index (χ1n) is 6.10. The Morgan fingerprint density at radius 2 is 2.06 bits per heavy atom. The van der Waals surface area contributed by atoms with Gasteiger partial charge in [-0.3, -0.25) is 4.79 Å². The monoisotopic (exact) mass is 229 g/mol. The summed E-state index contributed by atoms with van der Waals surface area (Å²) in [6, 6.07) is 0.166. The number of carbonyl (C=O) groups is 1. The summed E-state index contributed by atoms with van der Waals surface area (Å²) in [7, 11) is 1.41. The standard InChI is InChI=1S/C12H23NO3/c1-9(7-12(15)16-2)13-8-10-3-5-11(14)6-4-10/h9-11,13-14H,3-8H2,1-2H3. The van der Waals surface area contributed by atoms with Crippen LogP contribution in [0.25, 0.3) is 0 Å². The molecule has 0 saturated heterocycles. The maximum atomic E-state index is 11.0. The second kappa shape index (κ2) is 6.86. The van der Waals surface area contributed by atoms with E-state index in [9.17, 15) is 9.90 Å². The molecule has 0 aliphatic heterocycles. The van der Waals surface area contributed by atoms with E-state index in [0.29, 0.717) is 12.3 Å². The minimum absolute atomic E-state index is 0.0938. The van der Waals surface area contributed by atoms with Gasteiger partial charge in [-0.1, -0.05) is 0 Å². The van der Waals surface area contributed by atoms with Crippen molar-refractivity contribution in [3.05, 3.63) is 0 Å². The summed E-state index contributed by atoms with van der Waals surface area (Å²) in [4.78, 5) is 11.0. The Kier molecular flexibility index (Phi) is 5.77. The van der Waals surface area contributed by atoms with Gasteiger partial charge < -0.3 is 15.2 Å². The Balaban J connectivity index is 2.12. The molecule has 1 saturated carbocycles. The minimum atomic E-state index is -0.168. The summed E-state index contributed by atoms with van der Waals surface area (Å²) < 4.78 is 4.61. The van der Waals surface area contributed by atoms with Gasteiger partial charge in [0.15, 0.2) is 0 Å². The van der Waals surface area contributed by atoms with Crippen LogP contribution in [0.5, 0.6) is 0 Å². The molecular formula is C12H23NO3. The van der Waals surface area contributed by atoms with Crippen LogP contribution in [0.1, 0.15) is 39.0 Å². The van der Waals surface area contributed by atoms with Crippen LogP contribution in [0.4, 0.5) is 0 Å². The van der Waals surface area contributed by atoms with Gasteiger partial charge in [-0.15, -0.1) is 0 Å². The molecule has 0 bridgehead atoms. The molecule has 1 atom stereocenters. The lowest BCUT2D eigenvalue weighted by Crippen LogP contribution is -2.35. The zero-order chi connectivity index (χ0) is 12.0. The molecule has 1 rings (SSSR count). The van der Waals surface area contributed by atoms with Gasteiger partial charge in [0, 0.05) is 6.04 Å². The van der Waals surface area contributed by atoms with Crippen LogP contribution in [-0.4, -0.2) is 36.9 Å². The molecule has 0 aromatic heterocycles. The van der Waals surface area contributed by atoms with Gasteiger partial charge in [-0.05, 0) is 45.1 Å². The van der Waals surface area contributed by atoms with E-state index in [1.54, 1.807) is 0 Å².